The molecular formula is C19H26N4. The third-order valence-electron chi connectivity index (χ3n) is 3.86. The van der Waals surface area contributed by atoms with Gasteiger partial charge >= 0.3 is 0 Å². The fourth-order valence-corrected chi connectivity index (χ4v) is 2.40. The Balaban J connectivity index is 1.79. The first kappa shape index (κ1) is 17.0. The lowest BCUT2D eigenvalue weighted by Crippen LogP contribution is -2.42. The number of aryl methyl sites for hydroxylation is 2. The van der Waals surface area contributed by atoms with Crippen molar-refractivity contribution in [3.63, 3.8) is 0 Å². The number of aromatic nitrogens is 1. The van der Waals surface area contributed by atoms with E-state index in [1.807, 2.05) is 12.3 Å². The molecule has 0 bridgehead atoms. The highest BCUT2D eigenvalue weighted by Gasteiger charge is 2.06. The Labute approximate surface area is 139 Å². The first-order valence-electron chi connectivity index (χ1n) is 8.10. The molecule has 2 aromatic rings. The molecule has 4 heteroatoms. The number of guanidine groups is 1. The van der Waals surface area contributed by atoms with Crippen molar-refractivity contribution in [2.45, 2.75) is 39.3 Å². The molecule has 23 heavy (non-hydrogen) atoms. The van der Waals surface area contributed by atoms with Crippen LogP contribution in [0, 0.1) is 6.92 Å². The minimum Gasteiger partial charge on any atom is -0.354 e. The highest BCUT2D eigenvalue weighted by Crippen LogP contribution is 2.05. The molecule has 0 fully saturated rings. The van der Waals surface area contributed by atoms with E-state index in [4.69, 9.17) is 0 Å². The molecule has 0 aliphatic heterocycles. The summed E-state index contributed by atoms with van der Waals surface area (Å²) < 4.78 is 0. The fraction of sp³-hybridized carbons (Fsp3) is 0.368. The van der Waals surface area contributed by atoms with Crippen LogP contribution in [0.5, 0.6) is 0 Å². The van der Waals surface area contributed by atoms with Crippen molar-refractivity contribution < 1.29 is 0 Å². The Bertz CT molecular complexity index is 622. The predicted molar refractivity (Wildman–Crippen MR) is 96.5 cm³/mol. The summed E-state index contributed by atoms with van der Waals surface area (Å²) in [5.41, 5.74) is 3.60. The van der Waals surface area contributed by atoms with Crippen LogP contribution in [-0.4, -0.2) is 24.0 Å². The monoisotopic (exact) mass is 310 g/mol. The smallest absolute Gasteiger partial charge is 0.191 e. The lowest BCUT2D eigenvalue weighted by Gasteiger charge is -2.18. The Kier molecular flexibility index (Phi) is 6.60. The van der Waals surface area contributed by atoms with Gasteiger partial charge in [0.25, 0.3) is 0 Å². The van der Waals surface area contributed by atoms with Gasteiger partial charge in [-0.25, -0.2) is 0 Å². The number of hydrogen-bond donors (Lipinski definition) is 2. The second-order valence-corrected chi connectivity index (χ2v) is 5.76. The SMILES string of the molecule is CN=C(NCc1ncccc1C)NC(C)CCc1ccccc1. The quantitative estimate of drug-likeness (QED) is 0.637. The van der Waals surface area contributed by atoms with Crippen molar-refractivity contribution in [3.8, 4) is 0 Å². The zero-order valence-electron chi connectivity index (χ0n) is 14.2. The molecule has 0 saturated heterocycles. The average molecular weight is 310 g/mol. The molecule has 1 aromatic carbocycles. The lowest BCUT2D eigenvalue weighted by molar-refractivity contribution is 0.592. The summed E-state index contributed by atoms with van der Waals surface area (Å²) in [6.07, 6.45) is 3.95. The number of nitrogens with zero attached hydrogens (tertiary/aromatic N) is 2. The Morgan fingerprint density at radius 3 is 2.65 bits per heavy atom. The maximum absolute atomic E-state index is 4.39. The van der Waals surface area contributed by atoms with E-state index in [0.29, 0.717) is 12.6 Å². The zero-order chi connectivity index (χ0) is 16.5. The van der Waals surface area contributed by atoms with E-state index in [0.717, 1.165) is 24.5 Å². The summed E-state index contributed by atoms with van der Waals surface area (Å²) in [4.78, 5) is 8.69. The van der Waals surface area contributed by atoms with Crippen molar-refractivity contribution in [1.82, 2.24) is 15.6 Å². The van der Waals surface area contributed by atoms with Crippen LogP contribution in [0.1, 0.15) is 30.2 Å². The van der Waals surface area contributed by atoms with Crippen molar-refractivity contribution in [3.05, 3.63) is 65.5 Å². The molecule has 0 aliphatic rings. The average Bonchev–Trinajstić information content (AvgIpc) is 2.59. The van der Waals surface area contributed by atoms with Crippen molar-refractivity contribution >= 4 is 5.96 Å². The van der Waals surface area contributed by atoms with Gasteiger partial charge in [0.15, 0.2) is 5.96 Å². The first-order chi connectivity index (χ1) is 11.2. The van der Waals surface area contributed by atoms with E-state index >= 15 is 0 Å². The molecule has 1 atom stereocenters. The van der Waals surface area contributed by atoms with Crippen molar-refractivity contribution in [2.24, 2.45) is 4.99 Å². The molecular weight excluding hydrogens is 284 g/mol. The normalized spacial score (nSPS) is 12.7. The summed E-state index contributed by atoms with van der Waals surface area (Å²) in [6.45, 7) is 4.93. The Morgan fingerprint density at radius 1 is 1.17 bits per heavy atom. The van der Waals surface area contributed by atoms with Gasteiger partial charge < -0.3 is 10.6 Å². The fourth-order valence-electron chi connectivity index (χ4n) is 2.40. The third-order valence-corrected chi connectivity index (χ3v) is 3.86. The number of nitrogens with one attached hydrogen (secondary N) is 2. The van der Waals surface area contributed by atoms with Gasteiger partial charge in [-0.1, -0.05) is 36.4 Å². The van der Waals surface area contributed by atoms with Crippen LogP contribution >= 0.6 is 0 Å². The van der Waals surface area contributed by atoms with E-state index in [9.17, 15) is 0 Å². The Morgan fingerprint density at radius 2 is 1.96 bits per heavy atom. The number of pyridine rings is 1. The standard InChI is InChI=1S/C19H26N4/c1-15-8-7-13-21-18(15)14-22-19(20-3)23-16(2)11-12-17-9-5-4-6-10-17/h4-10,13,16H,11-12,14H2,1-3H3,(H2,20,22,23). The number of benzene rings is 1. The van der Waals surface area contributed by atoms with Crippen LogP contribution in [0.2, 0.25) is 0 Å². The van der Waals surface area contributed by atoms with Crippen LogP contribution in [0.15, 0.2) is 53.7 Å². The van der Waals surface area contributed by atoms with E-state index in [2.05, 4.69) is 70.9 Å². The minimum absolute atomic E-state index is 0.353. The van der Waals surface area contributed by atoms with Gasteiger partial charge in [-0.2, -0.15) is 0 Å². The van der Waals surface area contributed by atoms with Gasteiger partial charge in [0.05, 0.1) is 12.2 Å². The molecule has 1 unspecified atom stereocenters. The number of hydrogen-bond acceptors (Lipinski definition) is 2. The highest BCUT2D eigenvalue weighted by molar-refractivity contribution is 5.79. The molecule has 122 valence electrons. The lowest BCUT2D eigenvalue weighted by atomic mass is 10.1. The maximum atomic E-state index is 4.39. The van der Waals surface area contributed by atoms with E-state index in [1.165, 1.54) is 11.1 Å². The largest absolute Gasteiger partial charge is 0.354 e. The topological polar surface area (TPSA) is 49.3 Å². The summed E-state index contributed by atoms with van der Waals surface area (Å²) >= 11 is 0. The molecule has 2 N–H and O–H groups in total. The summed E-state index contributed by atoms with van der Waals surface area (Å²) in [6, 6.07) is 14.9. The van der Waals surface area contributed by atoms with E-state index < -0.39 is 0 Å². The highest BCUT2D eigenvalue weighted by atomic mass is 15.2. The molecule has 1 heterocycles. The van der Waals surface area contributed by atoms with E-state index in [1.54, 1.807) is 7.05 Å². The number of aliphatic imine (C=N–C) groups is 1. The van der Waals surface area contributed by atoms with Gasteiger partial charge in [-0.05, 0) is 43.9 Å². The van der Waals surface area contributed by atoms with Gasteiger partial charge in [-0.15, -0.1) is 0 Å². The van der Waals surface area contributed by atoms with Gasteiger partial charge in [-0.3, -0.25) is 9.98 Å². The van der Waals surface area contributed by atoms with Crippen LogP contribution < -0.4 is 10.6 Å². The second kappa shape index (κ2) is 8.93. The van der Waals surface area contributed by atoms with Gasteiger partial charge in [0.2, 0.25) is 0 Å². The first-order valence-corrected chi connectivity index (χ1v) is 8.10. The second-order valence-electron chi connectivity index (χ2n) is 5.76. The molecule has 4 nitrogen and oxygen atoms in total. The zero-order valence-corrected chi connectivity index (χ0v) is 14.2. The van der Waals surface area contributed by atoms with Crippen molar-refractivity contribution in [2.75, 3.05) is 7.05 Å². The molecule has 2 rings (SSSR count). The maximum Gasteiger partial charge on any atom is 0.191 e. The molecule has 0 saturated carbocycles. The van der Waals surface area contributed by atoms with Crippen LogP contribution in [-0.2, 0) is 13.0 Å². The summed E-state index contributed by atoms with van der Waals surface area (Å²) in [5.74, 6) is 0.815. The van der Waals surface area contributed by atoms with Crippen LogP contribution in [0.25, 0.3) is 0 Å². The van der Waals surface area contributed by atoms with Gasteiger partial charge in [0.1, 0.15) is 0 Å². The van der Waals surface area contributed by atoms with Gasteiger partial charge in [0, 0.05) is 19.3 Å². The van der Waals surface area contributed by atoms with Crippen molar-refractivity contribution in [1.29, 1.82) is 0 Å². The molecule has 0 spiro atoms. The summed E-state index contributed by atoms with van der Waals surface area (Å²) in [7, 11) is 1.80. The van der Waals surface area contributed by atoms with E-state index in [-0.39, 0.29) is 0 Å². The molecule has 0 radical (unpaired) electrons. The minimum atomic E-state index is 0.353. The third kappa shape index (κ3) is 5.74. The molecule has 1 aromatic heterocycles. The van der Waals surface area contributed by atoms with Crippen LogP contribution in [0.4, 0.5) is 0 Å². The molecule has 0 aliphatic carbocycles. The predicted octanol–water partition coefficient (Wildman–Crippen LogP) is 3.08. The Hall–Kier alpha value is -2.36. The van der Waals surface area contributed by atoms with Crippen LogP contribution in [0.3, 0.4) is 0 Å². The summed E-state index contributed by atoms with van der Waals surface area (Å²) in [5, 5.41) is 6.77. The number of rotatable bonds is 6. The molecule has 0 amide bonds.